The molecule has 2 rings (SSSR count). The Balaban J connectivity index is 1.88. The van der Waals surface area contributed by atoms with Crippen molar-refractivity contribution in [3.05, 3.63) is 24.3 Å². The Hall–Kier alpha value is -1.98. The van der Waals surface area contributed by atoms with Crippen LogP contribution in [0.15, 0.2) is 18.6 Å². The molecule has 16 heavy (non-hydrogen) atoms. The number of carbonyl (C=O) groups excluding carboxylic acids is 1. The lowest BCUT2D eigenvalue weighted by molar-refractivity contribution is -0.139. The molecule has 1 aliphatic heterocycles. The monoisotopic (exact) mass is 221 g/mol. The molecule has 1 fully saturated rings. The maximum Gasteiger partial charge on any atom is 0.303 e. The summed E-state index contributed by atoms with van der Waals surface area (Å²) in [5.74, 6) is -0.940. The van der Waals surface area contributed by atoms with Gasteiger partial charge in [-0.2, -0.15) is 0 Å². The first-order valence-corrected chi connectivity index (χ1v) is 4.94. The molecule has 0 bridgehead atoms. The van der Waals surface area contributed by atoms with Gasteiger partial charge in [-0.05, 0) is 0 Å². The van der Waals surface area contributed by atoms with Crippen LogP contribution in [-0.4, -0.2) is 44.9 Å². The van der Waals surface area contributed by atoms with Crippen LogP contribution in [0.5, 0.6) is 0 Å². The number of rotatable bonds is 3. The van der Waals surface area contributed by atoms with E-state index in [1.165, 1.54) is 18.6 Å². The highest BCUT2D eigenvalue weighted by atomic mass is 16.4. The average Bonchev–Trinajstić information content (AvgIpc) is 2.23. The molecule has 1 saturated heterocycles. The average molecular weight is 221 g/mol. The summed E-state index contributed by atoms with van der Waals surface area (Å²) in [6, 6.07) is 0. The van der Waals surface area contributed by atoms with Crippen molar-refractivity contribution in [1.29, 1.82) is 0 Å². The van der Waals surface area contributed by atoms with Gasteiger partial charge in [0, 0.05) is 31.4 Å². The van der Waals surface area contributed by atoms with Gasteiger partial charge in [-0.15, -0.1) is 0 Å². The van der Waals surface area contributed by atoms with Gasteiger partial charge in [-0.3, -0.25) is 14.6 Å². The van der Waals surface area contributed by atoms with Gasteiger partial charge in [0.15, 0.2) is 0 Å². The van der Waals surface area contributed by atoms with E-state index in [0.717, 1.165) is 0 Å². The van der Waals surface area contributed by atoms with E-state index in [0.29, 0.717) is 18.8 Å². The van der Waals surface area contributed by atoms with Gasteiger partial charge in [0.25, 0.3) is 5.91 Å². The van der Waals surface area contributed by atoms with Crippen molar-refractivity contribution >= 4 is 11.9 Å². The normalized spacial score (nSPS) is 15.6. The largest absolute Gasteiger partial charge is 0.481 e. The van der Waals surface area contributed by atoms with Crippen LogP contribution in [0, 0.1) is 5.92 Å². The smallest absolute Gasteiger partial charge is 0.303 e. The van der Waals surface area contributed by atoms with Crippen molar-refractivity contribution in [3.63, 3.8) is 0 Å². The van der Waals surface area contributed by atoms with Crippen LogP contribution in [0.25, 0.3) is 0 Å². The van der Waals surface area contributed by atoms with Crippen molar-refractivity contribution in [1.82, 2.24) is 14.9 Å². The zero-order valence-electron chi connectivity index (χ0n) is 8.54. The molecule has 6 nitrogen and oxygen atoms in total. The summed E-state index contributed by atoms with van der Waals surface area (Å²) in [6.45, 7) is 0.976. The zero-order chi connectivity index (χ0) is 11.5. The Kier molecular flexibility index (Phi) is 2.80. The predicted octanol–water partition coefficient (Wildman–Crippen LogP) is 0.0233. The third-order valence-corrected chi connectivity index (χ3v) is 2.49. The lowest BCUT2D eigenvalue weighted by Crippen LogP contribution is -2.50. The maximum absolute atomic E-state index is 11.7. The lowest BCUT2D eigenvalue weighted by atomic mass is 9.96. The molecule has 0 spiro atoms. The van der Waals surface area contributed by atoms with Crippen LogP contribution in [-0.2, 0) is 4.79 Å². The second-order valence-corrected chi connectivity index (χ2v) is 3.76. The van der Waals surface area contributed by atoms with Gasteiger partial charge in [0.2, 0.25) is 0 Å². The van der Waals surface area contributed by atoms with Crippen LogP contribution in [0.2, 0.25) is 0 Å². The number of hydrogen-bond acceptors (Lipinski definition) is 4. The van der Waals surface area contributed by atoms with Crippen LogP contribution >= 0.6 is 0 Å². The van der Waals surface area contributed by atoms with E-state index in [9.17, 15) is 9.59 Å². The van der Waals surface area contributed by atoms with Gasteiger partial charge in [0.05, 0.1) is 12.6 Å². The number of carboxylic acids is 1. The number of aliphatic carboxylic acids is 1. The molecule has 1 aromatic rings. The quantitative estimate of drug-likeness (QED) is 0.778. The third-order valence-electron chi connectivity index (χ3n) is 2.49. The van der Waals surface area contributed by atoms with Crippen LogP contribution in [0.1, 0.15) is 16.9 Å². The predicted molar refractivity (Wildman–Crippen MR) is 53.7 cm³/mol. The molecule has 1 aromatic heterocycles. The first-order valence-electron chi connectivity index (χ1n) is 4.94. The van der Waals surface area contributed by atoms with E-state index in [1.54, 1.807) is 4.90 Å². The molecule has 0 aromatic carbocycles. The van der Waals surface area contributed by atoms with E-state index in [4.69, 9.17) is 5.11 Å². The highest BCUT2D eigenvalue weighted by Crippen LogP contribution is 2.20. The molecule has 84 valence electrons. The van der Waals surface area contributed by atoms with Gasteiger partial charge in [0.1, 0.15) is 5.69 Å². The molecule has 0 aliphatic carbocycles. The molecule has 0 radical (unpaired) electrons. The van der Waals surface area contributed by atoms with Gasteiger partial charge in [-0.25, -0.2) is 4.98 Å². The summed E-state index contributed by atoms with van der Waals surface area (Å²) < 4.78 is 0. The van der Waals surface area contributed by atoms with E-state index < -0.39 is 5.97 Å². The Morgan fingerprint density at radius 1 is 1.44 bits per heavy atom. The number of likely N-dealkylation sites (tertiary alicyclic amines) is 1. The molecule has 6 heteroatoms. The summed E-state index contributed by atoms with van der Waals surface area (Å²) in [7, 11) is 0. The summed E-state index contributed by atoms with van der Waals surface area (Å²) in [5.41, 5.74) is 0.302. The van der Waals surface area contributed by atoms with E-state index in [-0.39, 0.29) is 18.2 Å². The third kappa shape index (κ3) is 2.16. The number of amides is 1. The Labute approximate surface area is 91.9 Å². The summed E-state index contributed by atoms with van der Waals surface area (Å²) in [5, 5.41) is 8.56. The molecule has 2 heterocycles. The van der Waals surface area contributed by atoms with E-state index >= 15 is 0 Å². The van der Waals surface area contributed by atoms with E-state index in [2.05, 4.69) is 9.97 Å². The minimum absolute atomic E-state index is 0.0677. The van der Waals surface area contributed by atoms with Gasteiger partial charge in [-0.1, -0.05) is 0 Å². The van der Waals surface area contributed by atoms with Crippen molar-refractivity contribution in [3.8, 4) is 0 Å². The topological polar surface area (TPSA) is 83.4 Å². The fourth-order valence-corrected chi connectivity index (χ4v) is 1.68. The van der Waals surface area contributed by atoms with E-state index in [1.807, 2.05) is 0 Å². The molecule has 1 N–H and O–H groups in total. The number of carboxylic acid groups (broad SMARTS) is 1. The maximum atomic E-state index is 11.7. The van der Waals surface area contributed by atoms with Crippen LogP contribution < -0.4 is 0 Å². The summed E-state index contributed by atoms with van der Waals surface area (Å²) in [4.78, 5) is 31.4. The molecule has 0 unspecified atom stereocenters. The minimum Gasteiger partial charge on any atom is -0.481 e. The fraction of sp³-hybridized carbons (Fsp3) is 0.400. The minimum atomic E-state index is -0.823. The Bertz CT molecular complexity index is 401. The van der Waals surface area contributed by atoms with Crippen LogP contribution in [0.4, 0.5) is 0 Å². The molecule has 1 amide bonds. The first-order chi connectivity index (χ1) is 7.66. The zero-order valence-corrected chi connectivity index (χ0v) is 8.54. The highest BCUT2D eigenvalue weighted by Gasteiger charge is 2.32. The second-order valence-electron chi connectivity index (χ2n) is 3.76. The van der Waals surface area contributed by atoms with Crippen LogP contribution in [0.3, 0.4) is 0 Å². The van der Waals surface area contributed by atoms with Crippen molar-refractivity contribution < 1.29 is 14.7 Å². The fourth-order valence-electron chi connectivity index (χ4n) is 1.68. The summed E-state index contributed by atoms with van der Waals surface area (Å²) >= 11 is 0. The summed E-state index contributed by atoms with van der Waals surface area (Å²) in [6.07, 6.45) is 4.49. The van der Waals surface area contributed by atoms with Crippen molar-refractivity contribution in [2.45, 2.75) is 6.42 Å². The van der Waals surface area contributed by atoms with Gasteiger partial charge >= 0.3 is 5.97 Å². The lowest BCUT2D eigenvalue weighted by Gasteiger charge is -2.38. The first kappa shape index (κ1) is 10.5. The molecular weight excluding hydrogens is 210 g/mol. The SMILES string of the molecule is O=C(O)CC1CN(C(=O)c2cnccn2)C1. The Morgan fingerprint density at radius 3 is 2.75 bits per heavy atom. The molecule has 1 aliphatic rings. The number of aromatic nitrogens is 2. The number of nitrogens with zero attached hydrogens (tertiary/aromatic N) is 3. The Morgan fingerprint density at radius 2 is 2.19 bits per heavy atom. The standard InChI is InChI=1S/C10H11N3O3/c14-9(15)3-7-5-13(6-7)10(16)8-4-11-1-2-12-8/h1-2,4,7H,3,5-6H2,(H,14,15). The second kappa shape index (κ2) is 4.26. The van der Waals surface area contributed by atoms with Crippen molar-refractivity contribution in [2.24, 2.45) is 5.92 Å². The number of hydrogen-bond donors (Lipinski definition) is 1. The molecule has 0 saturated carbocycles. The highest BCUT2D eigenvalue weighted by molar-refractivity contribution is 5.92. The molecular formula is C10H11N3O3. The molecule has 0 atom stereocenters. The number of carbonyl (C=O) groups is 2. The van der Waals surface area contributed by atoms with Crippen molar-refractivity contribution in [2.75, 3.05) is 13.1 Å². The van der Waals surface area contributed by atoms with Gasteiger partial charge < -0.3 is 10.0 Å².